The van der Waals surface area contributed by atoms with Crippen molar-refractivity contribution in [1.82, 2.24) is 9.55 Å². The molecule has 0 radical (unpaired) electrons. The third kappa shape index (κ3) is 2.34. The summed E-state index contributed by atoms with van der Waals surface area (Å²) in [5.74, 6) is 0. The van der Waals surface area contributed by atoms with E-state index in [0.29, 0.717) is 32.2 Å². The average Bonchev–Trinajstić information content (AvgIpc) is 2.90. The van der Waals surface area contributed by atoms with Gasteiger partial charge in [-0.05, 0) is 28.1 Å². The maximum atomic E-state index is 10.1. The maximum Gasteiger partial charge on any atom is 0.180 e. The Balaban J connectivity index is 2.11. The van der Waals surface area contributed by atoms with Gasteiger partial charge < -0.3 is 14.9 Å². The van der Waals surface area contributed by atoms with Gasteiger partial charge in [0, 0.05) is 6.42 Å². The number of imidazole rings is 1. The molecule has 1 aliphatic heterocycles. The molecule has 1 aromatic heterocycles. The molecule has 2 N–H and O–H groups in total. The van der Waals surface area contributed by atoms with Gasteiger partial charge >= 0.3 is 0 Å². The van der Waals surface area contributed by atoms with Crippen LogP contribution in [-0.2, 0) is 4.74 Å². The highest BCUT2D eigenvalue weighted by Crippen LogP contribution is 2.36. The molecule has 5 nitrogen and oxygen atoms in total. The Kier molecular flexibility index (Phi) is 3.96. The monoisotopic (exact) mass is 380 g/mol. The van der Waals surface area contributed by atoms with E-state index in [4.69, 9.17) is 33.0 Å². The van der Waals surface area contributed by atoms with E-state index in [1.807, 2.05) is 0 Å². The predicted molar refractivity (Wildman–Crippen MR) is 79.1 cm³/mol. The van der Waals surface area contributed by atoms with Crippen molar-refractivity contribution in [3.63, 3.8) is 0 Å². The first-order valence-corrected chi connectivity index (χ1v) is 7.53. The molecule has 3 atom stereocenters. The van der Waals surface area contributed by atoms with E-state index in [1.165, 1.54) is 0 Å². The number of ether oxygens (including phenoxy) is 1. The number of fused-ring (bicyclic) bond motifs is 1. The van der Waals surface area contributed by atoms with Gasteiger partial charge in [-0.25, -0.2) is 4.98 Å². The Morgan fingerprint density at radius 2 is 2.10 bits per heavy atom. The van der Waals surface area contributed by atoms with E-state index in [9.17, 15) is 5.11 Å². The number of rotatable bonds is 2. The molecule has 1 aliphatic rings. The van der Waals surface area contributed by atoms with E-state index in [0.717, 1.165) is 0 Å². The minimum absolute atomic E-state index is 0.135. The van der Waals surface area contributed by atoms with E-state index in [2.05, 4.69) is 20.9 Å². The molecule has 0 unspecified atom stereocenters. The van der Waals surface area contributed by atoms with Crippen LogP contribution >= 0.6 is 39.1 Å². The van der Waals surface area contributed by atoms with Gasteiger partial charge in [0.05, 0.1) is 33.8 Å². The fourth-order valence-electron chi connectivity index (χ4n) is 2.38. The first kappa shape index (κ1) is 14.6. The summed E-state index contributed by atoms with van der Waals surface area (Å²) in [5, 5.41) is 20.1. The zero-order chi connectivity index (χ0) is 14.4. The van der Waals surface area contributed by atoms with Crippen LogP contribution < -0.4 is 0 Å². The third-order valence-electron chi connectivity index (χ3n) is 3.31. The highest BCUT2D eigenvalue weighted by atomic mass is 79.9. The predicted octanol–water partition coefficient (Wildman–Crippen LogP) is 2.75. The van der Waals surface area contributed by atoms with Crippen LogP contribution in [0.15, 0.2) is 16.9 Å². The molecule has 108 valence electrons. The van der Waals surface area contributed by atoms with Crippen LogP contribution in [0, 0.1) is 0 Å². The smallest absolute Gasteiger partial charge is 0.180 e. The molecule has 2 aromatic rings. The minimum atomic E-state index is -0.727. The van der Waals surface area contributed by atoms with Crippen molar-refractivity contribution >= 4 is 50.2 Å². The van der Waals surface area contributed by atoms with Gasteiger partial charge in [-0.15, -0.1) is 0 Å². The number of hydrogen-bond donors (Lipinski definition) is 2. The molecule has 1 fully saturated rings. The molecule has 1 saturated heterocycles. The Morgan fingerprint density at radius 3 is 2.75 bits per heavy atom. The highest BCUT2D eigenvalue weighted by Gasteiger charge is 2.36. The van der Waals surface area contributed by atoms with Gasteiger partial charge in [-0.3, -0.25) is 4.57 Å². The van der Waals surface area contributed by atoms with Crippen LogP contribution in [0.1, 0.15) is 12.6 Å². The molecule has 0 saturated carbocycles. The summed E-state index contributed by atoms with van der Waals surface area (Å²) in [4.78, 5) is 4.33. The summed E-state index contributed by atoms with van der Waals surface area (Å²) in [6.07, 6.45) is -1.37. The number of aliphatic hydroxyl groups excluding tert-OH is 2. The van der Waals surface area contributed by atoms with E-state index < -0.39 is 12.3 Å². The average molecular weight is 382 g/mol. The molecule has 0 bridgehead atoms. The number of halogens is 3. The molecule has 1 aromatic carbocycles. The first-order chi connectivity index (χ1) is 9.51. The summed E-state index contributed by atoms with van der Waals surface area (Å²) in [6.45, 7) is -0.135. The van der Waals surface area contributed by atoms with Crippen LogP contribution in [0.25, 0.3) is 11.0 Å². The fraction of sp³-hybridized carbons (Fsp3) is 0.417. The summed E-state index contributed by atoms with van der Waals surface area (Å²) >= 11 is 15.4. The largest absolute Gasteiger partial charge is 0.394 e. The quantitative estimate of drug-likeness (QED) is 0.839. The molecule has 0 spiro atoms. The van der Waals surface area contributed by atoms with Crippen molar-refractivity contribution in [2.45, 2.75) is 24.9 Å². The lowest BCUT2D eigenvalue weighted by Gasteiger charge is -2.18. The van der Waals surface area contributed by atoms with Crippen molar-refractivity contribution in [2.24, 2.45) is 0 Å². The SMILES string of the molecule is OC[C@H]1C[C@H](O)[C@@H](n2c(Br)nc3cc(Cl)c(Cl)cc32)O1. The maximum absolute atomic E-state index is 10.1. The Bertz CT molecular complexity index is 664. The zero-order valence-corrected chi connectivity index (χ0v) is 13.2. The molecule has 20 heavy (non-hydrogen) atoms. The van der Waals surface area contributed by atoms with Gasteiger partial charge in [-0.1, -0.05) is 23.2 Å². The van der Waals surface area contributed by atoms with Gasteiger partial charge in [-0.2, -0.15) is 0 Å². The fourth-order valence-corrected chi connectivity index (χ4v) is 3.28. The zero-order valence-electron chi connectivity index (χ0n) is 10.1. The topological polar surface area (TPSA) is 67.5 Å². The Morgan fingerprint density at radius 1 is 1.40 bits per heavy atom. The lowest BCUT2D eigenvalue weighted by atomic mass is 10.2. The number of hydrogen-bond acceptors (Lipinski definition) is 4. The molecule has 0 aliphatic carbocycles. The first-order valence-electron chi connectivity index (χ1n) is 5.98. The van der Waals surface area contributed by atoms with Crippen molar-refractivity contribution in [3.05, 3.63) is 26.9 Å². The Labute approximate surface area is 133 Å². The molecule has 2 heterocycles. The summed E-state index contributed by atoms with van der Waals surface area (Å²) in [7, 11) is 0. The number of nitrogens with zero attached hydrogens (tertiary/aromatic N) is 2. The number of aliphatic hydroxyl groups is 2. The second kappa shape index (κ2) is 5.44. The van der Waals surface area contributed by atoms with Crippen LogP contribution in [0.5, 0.6) is 0 Å². The number of aromatic nitrogens is 2. The van der Waals surface area contributed by atoms with Gasteiger partial charge in [0.1, 0.15) is 6.10 Å². The molecule has 0 amide bonds. The number of benzene rings is 1. The summed E-state index contributed by atoms with van der Waals surface area (Å²) < 4.78 is 7.86. The van der Waals surface area contributed by atoms with Crippen molar-refractivity contribution in [1.29, 1.82) is 0 Å². The highest BCUT2D eigenvalue weighted by molar-refractivity contribution is 9.10. The van der Waals surface area contributed by atoms with Crippen molar-refractivity contribution in [3.8, 4) is 0 Å². The Hall–Kier alpha value is -0.370. The second-order valence-electron chi connectivity index (χ2n) is 4.64. The van der Waals surface area contributed by atoms with Crippen LogP contribution in [0.4, 0.5) is 0 Å². The standard InChI is InChI=1S/C12H11BrCl2N2O3/c13-12-16-8-2-6(14)7(15)3-9(8)17(12)11-10(19)1-5(4-18)20-11/h2-3,5,10-11,18-19H,1,4H2/t5-,10+,11+/m1/s1. The summed E-state index contributed by atoms with van der Waals surface area (Å²) in [6, 6.07) is 3.34. The lowest BCUT2D eigenvalue weighted by molar-refractivity contribution is -0.0495. The van der Waals surface area contributed by atoms with Gasteiger partial charge in [0.25, 0.3) is 0 Å². The third-order valence-corrected chi connectivity index (χ3v) is 4.59. The molecular weight excluding hydrogens is 371 g/mol. The summed E-state index contributed by atoms with van der Waals surface area (Å²) in [5.41, 5.74) is 1.35. The van der Waals surface area contributed by atoms with E-state index in [-0.39, 0.29) is 12.7 Å². The van der Waals surface area contributed by atoms with Crippen LogP contribution in [-0.4, -0.2) is 38.6 Å². The van der Waals surface area contributed by atoms with Crippen LogP contribution in [0.2, 0.25) is 10.0 Å². The van der Waals surface area contributed by atoms with E-state index in [1.54, 1.807) is 16.7 Å². The van der Waals surface area contributed by atoms with Crippen molar-refractivity contribution < 1.29 is 14.9 Å². The van der Waals surface area contributed by atoms with Gasteiger partial charge in [0.2, 0.25) is 0 Å². The lowest BCUT2D eigenvalue weighted by Crippen LogP contribution is -2.19. The van der Waals surface area contributed by atoms with Gasteiger partial charge in [0.15, 0.2) is 11.0 Å². The minimum Gasteiger partial charge on any atom is -0.394 e. The normalized spacial score (nSPS) is 26.6. The van der Waals surface area contributed by atoms with Crippen molar-refractivity contribution in [2.75, 3.05) is 6.61 Å². The molecule has 3 rings (SSSR count). The van der Waals surface area contributed by atoms with Crippen LogP contribution in [0.3, 0.4) is 0 Å². The van der Waals surface area contributed by atoms with E-state index >= 15 is 0 Å². The molecular formula is C12H11BrCl2N2O3. The second-order valence-corrected chi connectivity index (χ2v) is 6.16. The molecule has 8 heteroatoms.